The Balaban J connectivity index is 1.68. The van der Waals surface area contributed by atoms with Gasteiger partial charge in [-0.1, -0.05) is 0 Å². The first-order valence-electron chi connectivity index (χ1n) is 7.69. The highest BCUT2D eigenvalue weighted by Crippen LogP contribution is 2.35. The number of aliphatic carboxylic acids is 1. The van der Waals surface area contributed by atoms with Gasteiger partial charge in [0.05, 0.1) is 12.0 Å². The Morgan fingerprint density at radius 1 is 1.26 bits per heavy atom. The third-order valence-electron chi connectivity index (χ3n) is 4.48. The van der Waals surface area contributed by atoms with Crippen LogP contribution >= 0.6 is 0 Å². The van der Waals surface area contributed by atoms with E-state index in [-0.39, 0.29) is 18.4 Å². The molecule has 1 saturated carbocycles. The summed E-state index contributed by atoms with van der Waals surface area (Å²) in [6.45, 7) is 1.21. The summed E-state index contributed by atoms with van der Waals surface area (Å²) >= 11 is 0. The predicted octanol–water partition coefficient (Wildman–Crippen LogP) is 1.34. The van der Waals surface area contributed by atoms with Crippen LogP contribution in [-0.4, -0.2) is 41.6 Å². The van der Waals surface area contributed by atoms with Gasteiger partial charge in [-0.25, -0.2) is 4.79 Å². The lowest BCUT2D eigenvalue weighted by Gasteiger charge is -2.41. The lowest BCUT2D eigenvalue weighted by atomic mass is 9.74. The van der Waals surface area contributed by atoms with E-state index in [4.69, 9.17) is 5.11 Å². The number of rotatable bonds is 5. The van der Waals surface area contributed by atoms with Gasteiger partial charge < -0.3 is 15.7 Å². The Morgan fingerprint density at radius 2 is 1.96 bits per heavy atom. The summed E-state index contributed by atoms with van der Waals surface area (Å²) in [5.41, 5.74) is 0.585. The zero-order valence-corrected chi connectivity index (χ0v) is 12.7. The van der Waals surface area contributed by atoms with Crippen molar-refractivity contribution in [2.75, 3.05) is 18.0 Å². The van der Waals surface area contributed by atoms with E-state index in [0.717, 1.165) is 12.1 Å². The Labute approximate surface area is 133 Å². The zero-order valence-electron chi connectivity index (χ0n) is 12.7. The molecule has 0 aromatic heterocycles. The first-order chi connectivity index (χ1) is 11.0. The molecule has 0 bridgehead atoms. The van der Waals surface area contributed by atoms with Gasteiger partial charge in [-0.05, 0) is 43.5 Å². The smallest absolute Gasteiger partial charge is 0.321 e. The minimum absolute atomic E-state index is 0.0508. The molecule has 122 valence electrons. The fourth-order valence-electron chi connectivity index (χ4n) is 3.06. The third kappa shape index (κ3) is 3.13. The van der Waals surface area contributed by atoms with Crippen LogP contribution in [0, 0.1) is 0 Å². The van der Waals surface area contributed by atoms with E-state index in [1.807, 2.05) is 0 Å². The maximum absolute atomic E-state index is 12.3. The molecule has 1 saturated heterocycles. The number of hydrogen-bond acceptors (Lipinski definition) is 3. The number of nitrogens with zero attached hydrogens (tertiary/aromatic N) is 1. The molecule has 7 nitrogen and oxygen atoms in total. The normalized spacial score (nSPS) is 19.0. The fraction of sp³-hybridized carbons (Fsp3) is 0.438. The standard InChI is InChI=1S/C16H19N3O4/c20-13(21)10-16(6-1-7-16)18-14(22)11-2-4-12(5-3-11)19-9-8-17-15(19)23/h2-5H,1,6-10H2,(H,17,23)(H,18,22)(H,20,21). The van der Waals surface area contributed by atoms with Crippen LogP contribution in [0.4, 0.5) is 10.5 Å². The molecule has 0 radical (unpaired) electrons. The van der Waals surface area contributed by atoms with Crippen molar-refractivity contribution in [3.63, 3.8) is 0 Å². The highest BCUT2D eigenvalue weighted by atomic mass is 16.4. The molecule has 3 N–H and O–H groups in total. The van der Waals surface area contributed by atoms with E-state index in [1.54, 1.807) is 29.2 Å². The molecular formula is C16H19N3O4. The molecule has 0 unspecified atom stereocenters. The average molecular weight is 317 g/mol. The van der Waals surface area contributed by atoms with Gasteiger partial charge in [0.1, 0.15) is 0 Å². The Hall–Kier alpha value is -2.57. The van der Waals surface area contributed by atoms with Gasteiger partial charge in [0.2, 0.25) is 0 Å². The fourth-order valence-corrected chi connectivity index (χ4v) is 3.06. The van der Waals surface area contributed by atoms with Crippen LogP contribution in [0.1, 0.15) is 36.0 Å². The molecule has 3 rings (SSSR count). The number of nitrogens with one attached hydrogen (secondary N) is 2. The second kappa shape index (κ2) is 5.91. The Bertz CT molecular complexity index is 637. The first kappa shape index (κ1) is 15.3. The predicted molar refractivity (Wildman–Crippen MR) is 83.5 cm³/mol. The van der Waals surface area contributed by atoms with Crippen LogP contribution in [0.25, 0.3) is 0 Å². The summed E-state index contributed by atoms with van der Waals surface area (Å²) in [6, 6.07) is 6.62. The van der Waals surface area contributed by atoms with E-state index < -0.39 is 11.5 Å². The largest absolute Gasteiger partial charge is 0.481 e. The number of hydrogen-bond donors (Lipinski definition) is 3. The van der Waals surface area contributed by atoms with Crippen molar-refractivity contribution >= 4 is 23.6 Å². The summed E-state index contributed by atoms with van der Waals surface area (Å²) in [6.07, 6.45) is 2.26. The highest BCUT2D eigenvalue weighted by molar-refractivity contribution is 5.97. The number of carbonyl (C=O) groups is 3. The highest BCUT2D eigenvalue weighted by Gasteiger charge is 2.40. The van der Waals surface area contributed by atoms with Gasteiger partial charge >= 0.3 is 12.0 Å². The second-order valence-electron chi connectivity index (χ2n) is 6.09. The van der Waals surface area contributed by atoms with Crippen molar-refractivity contribution in [1.29, 1.82) is 0 Å². The van der Waals surface area contributed by atoms with Gasteiger partial charge in [-0.15, -0.1) is 0 Å². The van der Waals surface area contributed by atoms with Crippen molar-refractivity contribution in [1.82, 2.24) is 10.6 Å². The summed E-state index contributed by atoms with van der Waals surface area (Å²) in [5, 5.41) is 14.6. The molecule has 1 aliphatic carbocycles. The molecule has 23 heavy (non-hydrogen) atoms. The lowest BCUT2D eigenvalue weighted by Crippen LogP contribution is -2.54. The topological polar surface area (TPSA) is 98.7 Å². The maximum Gasteiger partial charge on any atom is 0.321 e. The summed E-state index contributed by atoms with van der Waals surface area (Å²) in [4.78, 5) is 36.5. The summed E-state index contributed by atoms with van der Waals surface area (Å²) < 4.78 is 0. The molecule has 0 spiro atoms. The van der Waals surface area contributed by atoms with E-state index >= 15 is 0 Å². The molecule has 2 aliphatic rings. The summed E-state index contributed by atoms with van der Waals surface area (Å²) in [7, 11) is 0. The lowest BCUT2D eigenvalue weighted by molar-refractivity contribution is -0.139. The van der Waals surface area contributed by atoms with Crippen LogP contribution in [0.15, 0.2) is 24.3 Å². The molecule has 1 aliphatic heterocycles. The van der Waals surface area contributed by atoms with Gasteiger partial charge in [0.25, 0.3) is 5.91 Å². The maximum atomic E-state index is 12.3. The molecule has 0 atom stereocenters. The SMILES string of the molecule is O=C(O)CC1(NC(=O)c2ccc(N3CCNC3=O)cc2)CCC1. The third-order valence-corrected chi connectivity index (χ3v) is 4.48. The number of anilines is 1. The number of amides is 3. The van der Waals surface area contributed by atoms with Gasteiger partial charge in [0, 0.05) is 24.3 Å². The minimum atomic E-state index is -0.902. The van der Waals surface area contributed by atoms with E-state index in [2.05, 4.69) is 10.6 Å². The molecular weight excluding hydrogens is 298 g/mol. The number of urea groups is 1. The van der Waals surface area contributed by atoms with Gasteiger partial charge in [-0.2, -0.15) is 0 Å². The van der Waals surface area contributed by atoms with Crippen molar-refractivity contribution in [3.8, 4) is 0 Å². The van der Waals surface area contributed by atoms with Crippen molar-refractivity contribution in [2.24, 2.45) is 0 Å². The average Bonchev–Trinajstić information content (AvgIpc) is 2.90. The molecule has 7 heteroatoms. The number of carboxylic acids is 1. The minimum Gasteiger partial charge on any atom is -0.481 e. The summed E-state index contributed by atoms with van der Waals surface area (Å²) in [5.74, 6) is -1.18. The van der Waals surface area contributed by atoms with Gasteiger partial charge in [-0.3, -0.25) is 14.5 Å². The van der Waals surface area contributed by atoms with Crippen molar-refractivity contribution in [3.05, 3.63) is 29.8 Å². The van der Waals surface area contributed by atoms with E-state index in [9.17, 15) is 14.4 Å². The molecule has 1 aromatic rings. The zero-order chi connectivity index (χ0) is 16.4. The number of carbonyl (C=O) groups excluding carboxylic acids is 2. The van der Waals surface area contributed by atoms with Crippen LogP contribution in [0.2, 0.25) is 0 Å². The van der Waals surface area contributed by atoms with Crippen LogP contribution in [0.3, 0.4) is 0 Å². The van der Waals surface area contributed by atoms with E-state index in [1.165, 1.54) is 0 Å². The Kier molecular flexibility index (Phi) is 3.94. The second-order valence-corrected chi connectivity index (χ2v) is 6.09. The quantitative estimate of drug-likeness (QED) is 0.763. The molecule has 1 heterocycles. The van der Waals surface area contributed by atoms with Crippen molar-refractivity contribution in [2.45, 2.75) is 31.2 Å². The Morgan fingerprint density at radius 3 is 2.43 bits per heavy atom. The van der Waals surface area contributed by atoms with Crippen LogP contribution in [-0.2, 0) is 4.79 Å². The van der Waals surface area contributed by atoms with Crippen LogP contribution < -0.4 is 15.5 Å². The van der Waals surface area contributed by atoms with Crippen molar-refractivity contribution < 1.29 is 19.5 Å². The molecule has 3 amide bonds. The van der Waals surface area contributed by atoms with Gasteiger partial charge in [0.15, 0.2) is 0 Å². The number of benzene rings is 1. The van der Waals surface area contributed by atoms with E-state index in [0.29, 0.717) is 31.5 Å². The molecule has 1 aromatic carbocycles. The monoisotopic (exact) mass is 317 g/mol. The number of carboxylic acid groups (broad SMARTS) is 1. The van der Waals surface area contributed by atoms with Crippen LogP contribution in [0.5, 0.6) is 0 Å². The molecule has 2 fully saturated rings. The first-order valence-corrected chi connectivity index (χ1v) is 7.69.